The highest BCUT2D eigenvalue weighted by Gasteiger charge is 2.25. The maximum Gasteiger partial charge on any atom is 0.407 e. The highest BCUT2D eigenvalue weighted by atomic mass is 16.6. The molecule has 0 aromatic carbocycles. The normalized spacial score (nSPS) is 28.7. The lowest BCUT2D eigenvalue weighted by atomic mass is 9.83. The maximum absolute atomic E-state index is 11.0. The molecule has 5 heteroatoms. The Kier molecular flexibility index (Phi) is 3.10. The minimum absolute atomic E-state index is 0.146. The summed E-state index contributed by atoms with van der Waals surface area (Å²) in [6.07, 6.45) is 4.33. The van der Waals surface area contributed by atoms with Crippen molar-refractivity contribution in [3.05, 3.63) is 29.6 Å². The Balaban J connectivity index is 1.71. The fourth-order valence-corrected chi connectivity index (χ4v) is 2.17. The topological polar surface area (TPSA) is 71.5 Å². The lowest BCUT2D eigenvalue weighted by Crippen LogP contribution is -2.26. The van der Waals surface area contributed by atoms with E-state index in [-0.39, 0.29) is 18.1 Å². The largest absolute Gasteiger partial charge is 0.447 e. The van der Waals surface area contributed by atoms with Crippen molar-refractivity contribution < 1.29 is 14.6 Å². The van der Waals surface area contributed by atoms with Gasteiger partial charge in [-0.3, -0.25) is 4.98 Å². The molecule has 98 valence electrons. The summed E-state index contributed by atoms with van der Waals surface area (Å²) in [5.41, 5.74) is 1.71. The van der Waals surface area contributed by atoms with Crippen LogP contribution in [0.25, 0.3) is 0 Å². The summed E-state index contributed by atoms with van der Waals surface area (Å²) in [7, 11) is 0. The van der Waals surface area contributed by atoms with Gasteiger partial charge in [0.2, 0.25) is 0 Å². The molecule has 1 saturated carbocycles. The number of rotatable bonds is 1. The van der Waals surface area contributed by atoms with E-state index in [4.69, 9.17) is 4.74 Å². The molecule has 0 radical (unpaired) electrons. The van der Waals surface area contributed by atoms with E-state index in [9.17, 15) is 9.90 Å². The second kappa shape index (κ2) is 4.90. The average molecular weight is 258 g/mol. The zero-order valence-corrected chi connectivity index (χ0v) is 10.3. The molecule has 1 aromatic rings. The van der Waals surface area contributed by atoms with Gasteiger partial charge >= 0.3 is 6.09 Å². The number of alkyl carbamates (subject to hydrolysis) is 1. The predicted molar refractivity (Wildman–Crippen MR) is 67.1 cm³/mol. The van der Waals surface area contributed by atoms with Crippen molar-refractivity contribution in [1.82, 2.24) is 10.3 Å². The van der Waals surface area contributed by atoms with E-state index in [1.807, 2.05) is 6.07 Å². The maximum atomic E-state index is 11.0. The lowest BCUT2D eigenvalue weighted by molar-refractivity contribution is 0.0665. The molecule has 2 aliphatic rings. The molecule has 2 fully saturated rings. The molecule has 1 unspecified atom stereocenters. The van der Waals surface area contributed by atoms with Crippen LogP contribution >= 0.6 is 0 Å². The van der Waals surface area contributed by atoms with Gasteiger partial charge in [0.25, 0.3) is 0 Å². The van der Waals surface area contributed by atoms with Gasteiger partial charge in [-0.2, -0.15) is 0 Å². The van der Waals surface area contributed by atoms with Crippen molar-refractivity contribution in [3.63, 3.8) is 0 Å². The molecule has 0 spiro atoms. The molecule has 1 aromatic heterocycles. The van der Waals surface area contributed by atoms with Gasteiger partial charge in [-0.25, -0.2) is 4.79 Å². The monoisotopic (exact) mass is 258 g/mol. The van der Waals surface area contributed by atoms with Gasteiger partial charge in [-0.15, -0.1) is 0 Å². The van der Waals surface area contributed by atoms with Crippen LogP contribution in [0.2, 0.25) is 0 Å². The Morgan fingerprint density at radius 2 is 2.26 bits per heavy atom. The summed E-state index contributed by atoms with van der Waals surface area (Å²) in [6.45, 7) is 0.326. The van der Waals surface area contributed by atoms with Crippen molar-refractivity contribution in [3.8, 4) is 11.8 Å². The van der Waals surface area contributed by atoms with Crippen LogP contribution in [-0.2, 0) is 4.74 Å². The summed E-state index contributed by atoms with van der Waals surface area (Å²) in [6, 6.07) is 1.77. The van der Waals surface area contributed by atoms with Crippen LogP contribution in [0.4, 0.5) is 4.79 Å². The zero-order chi connectivity index (χ0) is 13.2. The third-order valence-corrected chi connectivity index (χ3v) is 3.37. The van der Waals surface area contributed by atoms with Crippen molar-refractivity contribution >= 4 is 6.09 Å². The molecule has 19 heavy (non-hydrogen) atoms. The van der Waals surface area contributed by atoms with Crippen molar-refractivity contribution in [1.29, 1.82) is 0 Å². The molecule has 1 atom stereocenters. The first-order valence-corrected chi connectivity index (χ1v) is 6.28. The van der Waals surface area contributed by atoms with E-state index in [0.29, 0.717) is 6.61 Å². The van der Waals surface area contributed by atoms with Crippen LogP contribution in [0.1, 0.15) is 30.0 Å². The van der Waals surface area contributed by atoms with Crippen LogP contribution < -0.4 is 5.32 Å². The summed E-state index contributed by atoms with van der Waals surface area (Å²) in [5, 5.41) is 11.9. The minimum atomic E-state index is -0.398. The third kappa shape index (κ3) is 2.69. The second-order valence-corrected chi connectivity index (χ2v) is 4.89. The molecule has 1 amide bonds. The first-order valence-electron chi connectivity index (χ1n) is 6.28. The van der Waals surface area contributed by atoms with E-state index >= 15 is 0 Å². The number of ether oxygens (including phenoxy) is 1. The van der Waals surface area contributed by atoms with Gasteiger partial charge in [0.05, 0.1) is 12.1 Å². The molecule has 3 rings (SSSR count). The Morgan fingerprint density at radius 1 is 1.42 bits per heavy atom. The number of hydrogen-bond acceptors (Lipinski definition) is 4. The van der Waals surface area contributed by atoms with Gasteiger partial charge < -0.3 is 15.2 Å². The summed E-state index contributed by atoms with van der Waals surface area (Å²) in [5.74, 6) is 6.47. The molecule has 1 saturated heterocycles. The molecule has 5 nitrogen and oxygen atoms in total. The molecular formula is C14H14N2O3. The molecule has 1 aliphatic heterocycles. The summed E-state index contributed by atoms with van der Waals surface area (Å²) in [4.78, 5) is 15.1. The number of aliphatic hydroxyl groups is 1. The van der Waals surface area contributed by atoms with Crippen molar-refractivity contribution in [2.24, 2.45) is 5.92 Å². The van der Waals surface area contributed by atoms with E-state index in [2.05, 4.69) is 22.1 Å². The van der Waals surface area contributed by atoms with Gasteiger partial charge in [-0.05, 0) is 24.5 Å². The molecule has 1 aliphatic carbocycles. The van der Waals surface area contributed by atoms with Crippen LogP contribution in [0, 0.1) is 17.8 Å². The summed E-state index contributed by atoms with van der Waals surface area (Å²) < 4.78 is 4.85. The number of pyridine rings is 1. The number of nitrogens with one attached hydrogen (secondary N) is 1. The highest BCUT2D eigenvalue weighted by Crippen LogP contribution is 2.26. The number of aromatic nitrogens is 1. The van der Waals surface area contributed by atoms with Crippen LogP contribution in [-0.4, -0.2) is 28.9 Å². The van der Waals surface area contributed by atoms with Crippen LogP contribution in [0.5, 0.6) is 0 Å². The van der Waals surface area contributed by atoms with E-state index in [1.165, 1.54) is 0 Å². The van der Waals surface area contributed by atoms with Gasteiger partial charge in [-0.1, -0.05) is 11.8 Å². The van der Waals surface area contributed by atoms with E-state index in [1.54, 1.807) is 12.4 Å². The fraction of sp³-hybridized carbons (Fsp3) is 0.429. The standard InChI is InChI=1S/C14H14N2O3/c17-12-4-9(5-12)1-2-10-3-11(7-15-6-10)13-8-19-14(18)16-13/h3,6-7,9,12-13,17H,4-5,8H2,(H,16,18). The number of aliphatic hydroxyl groups excluding tert-OH is 1. The Morgan fingerprint density at radius 3 is 2.95 bits per heavy atom. The Labute approximate surface area is 111 Å². The molecular weight excluding hydrogens is 244 g/mol. The van der Waals surface area contributed by atoms with Gasteiger partial charge in [0.15, 0.2) is 0 Å². The molecule has 0 bridgehead atoms. The number of amides is 1. The lowest BCUT2D eigenvalue weighted by Gasteiger charge is -2.26. The smallest absolute Gasteiger partial charge is 0.407 e. The highest BCUT2D eigenvalue weighted by molar-refractivity contribution is 5.70. The zero-order valence-electron chi connectivity index (χ0n) is 10.3. The number of nitrogens with zero attached hydrogens (tertiary/aromatic N) is 1. The number of carbonyl (C=O) groups excluding carboxylic acids is 1. The summed E-state index contributed by atoms with van der Waals surface area (Å²) >= 11 is 0. The van der Waals surface area contributed by atoms with E-state index < -0.39 is 6.09 Å². The van der Waals surface area contributed by atoms with Gasteiger partial charge in [0.1, 0.15) is 6.61 Å². The number of hydrogen-bond donors (Lipinski definition) is 2. The van der Waals surface area contributed by atoms with Gasteiger partial charge in [0, 0.05) is 23.9 Å². The van der Waals surface area contributed by atoms with Crippen LogP contribution in [0.15, 0.2) is 18.5 Å². The second-order valence-electron chi connectivity index (χ2n) is 4.89. The minimum Gasteiger partial charge on any atom is -0.447 e. The quantitative estimate of drug-likeness (QED) is 0.737. The SMILES string of the molecule is O=C1NC(c2cncc(C#CC3CC(O)C3)c2)CO1. The first-order chi connectivity index (χ1) is 9.20. The van der Waals surface area contributed by atoms with Crippen LogP contribution in [0.3, 0.4) is 0 Å². The molecule has 2 heterocycles. The first kappa shape index (κ1) is 12.0. The Bertz CT molecular complexity index is 555. The number of carbonyl (C=O) groups is 1. The number of cyclic esters (lactones) is 1. The fourth-order valence-electron chi connectivity index (χ4n) is 2.17. The molecule has 2 N–H and O–H groups in total. The van der Waals surface area contributed by atoms with Crippen molar-refractivity contribution in [2.45, 2.75) is 25.0 Å². The predicted octanol–water partition coefficient (Wildman–Crippen LogP) is 0.985. The average Bonchev–Trinajstić information content (AvgIpc) is 2.80. The van der Waals surface area contributed by atoms with E-state index in [0.717, 1.165) is 24.0 Å². The third-order valence-electron chi connectivity index (χ3n) is 3.37. The Hall–Kier alpha value is -2.06. The van der Waals surface area contributed by atoms with Crippen molar-refractivity contribution in [2.75, 3.05) is 6.61 Å².